The van der Waals surface area contributed by atoms with E-state index in [2.05, 4.69) is 22.1 Å². The number of carbonyl (C=O) groups is 1. The summed E-state index contributed by atoms with van der Waals surface area (Å²) in [6.45, 7) is 8.13. The van der Waals surface area contributed by atoms with E-state index >= 15 is 0 Å². The van der Waals surface area contributed by atoms with E-state index in [-0.39, 0.29) is 5.91 Å². The van der Waals surface area contributed by atoms with Gasteiger partial charge in [0.15, 0.2) is 0 Å². The third-order valence-electron chi connectivity index (χ3n) is 4.47. The second kappa shape index (κ2) is 6.53. The van der Waals surface area contributed by atoms with Crippen LogP contribution in [0.5, 0.6) is 0 Å². The summed E-state index contributed by atoms with van der Waals surface area (Å²) in [4.78, 5) is 16.8. The minimum absolute atomic E-state index is 0.216. The lowest BCUT2D eigenvalue weighted by Gasteiger charge is -2.34. The van der Waals surface area contributed by atoms with Crippen LogP contribution in [0.2, 0.25) is 0 Å². The van der Waals surface area contributed by atoms with Gasteiger partial charge in [-0.25, -0.2) is 0 Å². The zero-order valence-corrected chi connectivity index (χ0v) is 12.5. The lowest BCUT2D eigenvalue weighted by atomic mass is 10.0. The first kappa shape index (κ1) is 14.5. The molecule has 2 saturated heterocycles. The van der Waals surface area contributed by atoms with Crippen molar-refractivity contribution in [3.8, 4) is 0 Å². The van der Waals surface area contributed by atoms with Gasteiger partial charge in [0.1, 0.15) is 0 Å². The molecule has 0 unspecified atom stereocenters. The Morgan fingerprint density at radius 3 is 2.86 bits per heavy atom. The summed E-state index contributed by atoms with van der Waals surface area (Å²) >= 11 is 0. The molecule has 0 spiro atoms. The van der Waals surface area contributed by atoms with Crippen LogP contribution in [0.4, 0.5) is 0 Å². The van der Waals surface area contributed by atoms with Crippen molar-refractivity contribution in [3.63, 3.8) is 0 Å². The molecule has 0 saturated carbocycles. The van der Waals surface area contributed by atoms with E-state index in [4.69, 9.17) is 4.74 Å². The number of nitrogens with zero attached hydrogens (tertiary/aromatic N) is 5. The monoisotopic (exact) mass is 293 g/mol. The first-order valence-electron chi connectivity index (χ1n) is 7.67. The number of likely N-dealkylation sites (tertiary alicyclic amines) is 1. The molecule has 1 amide bonds. The van der Waals surface area contributed by atoms with E-state index in [1.807, 2.05) is 4.90 Å². The number of aromatic nitrogens is 3. The molecule has 3 heterocycles. The first-order chi connectivity index (χ1) is 10.2. The molecule has 0 aromatic carbocycles. The molecule has 0 aliphatic carbocycles. The van der Waals surface area contributed by atoms with Crippen molar-refractivity contribution in [1.82, 2.24) is 24.8 Å². The van der Waals surface area contributed by atoms with Gasteiger partial charge in [-0.2, -0.15) is 0 Å². The van der Waals surface area contributed by atoms with Gasteiger partial charge in [0.2, 0.25) is 5.91 Å². The molecule has 2 atom stereocenters. The zero-order chi connectivity index (χ0) is 14.7. The Morgan fingerprint density at radius 1 is 1.33 bits per heavy atom. The number of morpholine rings is 1. The highest BCUT2D eigenvalue weighted by molar-refractivity contribution is 5.76. The predicted molar refractivity (Wildman–Crippen MR) is 76.6 cm³/mol. The number of rotatable bonds is 4. The van der Waals surface area contributed by atoms with Crippen LogP contribution in [0, 0.1) is 5.92 Å². The molecule has 0 radical (unpaired) electrons. The Kier molecular flexibility index (Phi) is 4.50. The second-order valence-electron chi connectivity index (χ2n) is 5.91. The molecule has 1 aromatic heterocycles. The number of carbonyl (C=O) groups excluding carboxylic acids is 1. The van der Waals surface area contributed by atoms with Crippen LogP contribution >= 0.6 is 0 Å². The van der Waals surface area contributed by atoms with Gasteiger partial charge in [-0.15, -0.1) is 5.10 Å². The summed E-state index contributed by atoms with van der Waals surface area (Å²) in [6, 6.07) is 0.476. The molecule has 0 bridgehead atoms. The molecule has 7 nitrogen and oxygen atoms in total. The Morgan fingerprint density at radius 2 is 2.14 bits per heavy atom. The highest BCUT2D eigenvalue weighted by Gasteiger charge is 2.36. The fourth-order valence-corrected chi connectivity index (χ4v) is 3.26. The third-order valence-corrected chi connectivity index (χ3v) is 4.47. The SMILES string of the molecule is C[C@H]1CN(C(=O)CCn2ccnn2)C[C@H]1N1CCOCC1. The largest absolute Gasteiger partial charge is 0.379 e. The van der Waals surface area contributed by atoms with E-state index in [9.17, 15) is 4.79 Å². The van der Waals surface area contributed by atoms with Crippen molar-refractivity contribution in [2.45, 2.75) is 25.9 Å². The normalized spacial score (nSPS) is 27.2. The molecule has 0 N–H and O–H groups in total. The van der Waals surface area contributed by atoms with Gasteiger partial charge in [0, 0.05) is 44.8 Å². The summed E-state index contributed by atoms with van der Waals surface area (Å²) in [5, 5.41) is 7.64. The van der Waals surface area contributed by atoms with Crippen LogP contribution in [-0.2, 0) is 16.1 Å². The van der Waals surface area contributed by atoms with Gasteiger partial charge < -0.3 is 9.64 Å². The Labute approximate surface area is 124 Å². The predicted octanol–water partition coefficient (Wildman–Crippen LogP) is -0.153. The van der Waals surface area contributed by atoms with Crippen LogP contribution in [-0.4, -0.2) is 76.1 Å². The van der Waals surface area contributed by atoms with E-state index < -0.39 is 0 Å². The molecule has 2 aliphatic heterocycles. The molecular formula is C14H23N5O2. The Bertz CT molecular complexity index is 458. The second-order valence-corrected chi connectivity index (χ2v) is 5.91. The van der Waals surface area contributed by atoms with Crippen molar-refractivity contribution in [3.05, 3.63) is 12.4 Å². The van der Waals surface area contributed by atoms with Gasteiger partial charge in [0.25, 0.3) is 0 Å². The van der Waals surface area contributed by atoms with Crippen LogP contribution in [0.25, 0.3) is 0 Å². The first-order valence-corrected chi connectivity index (χ1v) is 7.67. The smallest absolute Gasteiger partial charge is 0.224 e. The number of hydrogen-bond acceptors (Lipinski definition) is 5. The molecular weight excluding hydrogens is 270 g/mol. The maximum Gasteiger partial charge on any atom is 0.224 e. The van der Waals surface area contributed by atoms with Gasteiger partial charge >= 0.3 is 0 Å². The van der Waals surface area contributed by atoms with Crippen molar-refractivity contribution in [2.24, 2.45) is 5.92 Å². The van der Waals surface area contributed by atoms with E-state index in [0.29, 0.717) is 24.9 Å². The standard InChI is InChI=1S/C14H23N5O2/c1-12-10-18(11-13(12)17-6-8-21-9-7-17)14(20)2-4-19-5-3-15-16-19/h3,5,12-13H,2,4,6-11H2,1H3/t12-,13+/m0/s1. The molecule has 2 fully saturated rings. The van der Waals surface area contributed by atoms with Crippen LogP contribution in [0.15, 0.2) is 12.4 Å². The van der Waals surface area contributed by atoms with Crippen LogP contribution in [0.3, 0.4) is 0 Å². The van der Waals surface area contributed by atoms with Gasteiger partial charge in [-0.05, 0) is 5.92 Å². The summed E-state index contributed by atoms with van der Waals surface area (Å²) in [5.74, 6) is 0.742. The van der Waals surface area contributed by atoms with Crippen molar-refractivity contribution >= 4 is 5.91 Å². The maximum absolute atomic E-state index is 12.3. The minimum Gasteiger partial charge on any atom is -0.379 e. The molecule has 7 heteroatoms. The van der Waals surface area contributed by atoms with Gasteiger partial charge in [0.05, 0.1) is 26.0 Å². The summed E-state index contributed by atoms with van der Waals surface area (Å²) in [6.07, 6.45) is 3.92. The van der Waals surface area contributed by atoms with Gasteiger partial charge in [-0.3, -0.25) is 14.4 Å². The summed E-state index contributed by atoms with van der Waals surface area (Å²) < 4.78 is 7.12. The third kappa shape index (κ3) is 3.41. The molecule has 1 aromatic rings. The lowest BCUT2D eigenvalue weighted by Crippen LogP contribution is -2.47. The quantitative estimate of drug-likeness (QED) is 0.772. The summed E-state index contributed by atoms with van der Waals surface area (Å²) in [7, 11) is 0. The van der Waals surface area contributed by atoms with Crippen molar-refractivity contribution < 1.29 is 9.53 Å². The average Bonchev–Trinajstić information content (AvgIpc) is 3.15. The number of hydrogen-bond donors (Lipinski definition) is 0. The minimum atomic E-state index is 0.216. The average molecular weight is 293 g/mol. The van der Waals surface area contributed by atoms with Crippen LogP contribution < -0.4 is 0 Å². The van der Waals surface area contributed by atoms with E-state index in [1.54, 1.807) is 17.1 Å². The number of aryl methyl sites for hydroxylation is 1. The molecule has 2 aliphatic rings. The van der Waals surface area contributed by atoms with Gasteiger partial charge in [-0.1, -0.05) is 12.1 Å². The molecule has 3 rings (SSSR count). The molecule has 21 heavy (non-hydrogen) atoms. The van der Waals surface area contributed by atoms with Crippen molar-refractivity contribution in [1.29, 1.82) is 0 Å². The highest BCUT2D eigenvalue weighted by Crippen LogP contribution is 2.23. The highest BCUT2D eigenvalue weighted by atomic mass is 16.5. The topological polar surface area (TPSA) is 63.5 Å². The Balaban J connectivity index is 1.51. The Hall–Kier alpha value is -1.47. The van der Waals surface area contributed by atoms with Crippen molar-refractivity contribution in [2.75, 3.05) is 39.4 Å². The summed E-state index contributed by atoms with van der Waals surface area (Å²) in [5.41, 5.74) is 0. The van der Waals surface area contributed by atoms with Crippen LogP contribution in [0.1, 0.15) is 13.3 Å². The number of amides is 1. The zero-order valence-electron chi connectivity index (χ0n) is 12.5. The fourth-order valence-electron chi connectivity index (χ4n) is 3.26. The lowest BCUT2D eigenvalue weighted by molar-refractivity contribution is -0.130. The molecule has 116 valence electrons. The van der Waals surface area contributed by atoms with E-state index in [1.165, 1.54) is 0 Å². The maximum atomic E-state index is 12.3. The fraction of sp³-hybridized carbons (Fsp3) is 0.786. The number of ether oxygens (including phenoxy) is 1. The van der Waals surface area contributed by atoms with E-state index in [0.717, 1.165) is 39.4 Å².